The molecular weight excluding hydrogens is 320 g/mol. The molecule has 26 heavy (non-hydrogen) atoms. The molecule has 0 aromatic heterocycles. The summed E-state index contributed by atoms with van der Waals surface area (Å²) in [7, 11) is 0. The summed E-state index contributed by atoms with van der Waals surface area (Å²) < 4.78 is 0. The van der Waals surface area contributed by atoms with Gasteiger partial charge in [0.15, 0.2) is 0 Å². The Balaban J connectivity index is 1.60. The van der Waals surface area contributed by atoms with Crippen LogP contribution in [0.3, 0.4) is 0 Å². The van der Waals surface area contributed by atoms with Gasteiger partial charge in [-0.2, -0.15) is 0 Å². The Hall–Kier alpha value is -1.84. The van der Waals surface area contributed by atoms with Crippen molar-refractivity contribution in [3.8, 4) is 5.75 Å². The highest BCUT2D eigenvalue weighted by molar-refractivity contribution is 5.45. The second-order valence-electron chi connectivity index (χ2n) is 7.89. The molecule has 0 radical (unpaired) electrons. The van der Waals surface area contributed by atoms with Crippen LogP contribution in [0.25, 0.3) is 0 Å². The molecule has 2 aliphatic heterocycles. The van der Waals surface area contributed by atoms with Gasteiger partial charge >= 0.3 is 0 Å². The summed E-state index contributed by atoms with van der Waals surface area (Å²) in [5, 5.41) is 10.9. The lowest BCUT2D eigenvalue weighted by Crippen LogP contribution is -2.21. The van der Waals surface area contributed by atoms with E-state index in [-0.39, 0.29) is 0 Å². The molecule has 2 aromatic rings. The van der Waals surface area contributed by atoms with E-state index < -0.39 is 0 Å². The van der Waals surface area contributed by atoms with Crippen molar-refractivity contribution in [2.75, 3.05) is 26.2 Å². The summed E-state index contributed by atoms with van der Waals surface area (Å²) in [6, 6.07) is 15.1. The zero-order valence-corrected chi connectivity index (χ0v) is 15.7. The molecule has 2 fully saturated rings. The molecule has 1 N–H and O–H groups in total. The lowest BCUT2D eigenvalue weighted by atomic mass is 9.98. The number of hydrogen-bond acceptors (Lipinski definition) is 3. The molecule has 0 amide bonds. The summed E-state index contributed by atoms with van der Waals surface area (Å²) in [5.41, 5.74) is 4.86. The fourth-order valence-electron chi connectivity index (χ4n) is 4.37. The van der Waals surface area contributed by atoms with Gasteiger partial charge in [-0.3, -0.25) is 9.80 Å². The van der Waals surface area contributed by atoms with Crippen LogP contribution in [0.5, 0.6) is 5.75 Å². The average molecular weight is 351 g/mol. The average Bonchev–Trinajstić information content (AvgIpc) is 3.34. The van der Waals surface area contributed by atoms with Crippen molar-refractivity contribution in [1.82, 2.24) is 9.80 Å². The minimum absolute atomic E-state index is 0.528. The number of likely N-dealkylation sites (tertiary alicyclic amines) is 2. The second kappa shape index (κ2) is 8.24. The van der Waals surface area contributed by atoms with Crippen LogP contribution >= 0.6 is 0 Å². The number of nitrogens with zero attached hydrogens (tertiary/aromatic N) is 2. The van der Waals surface area contributed by atoms with Gasteiger partial charge in [-0.1, -0.05) is 42.5 Å². The van der Waals surface area contributed by atoms with Gasteiger partial charge in [0.2, 0.25) is 0 Å². The molecule has 3 nitrogen and oxygen atoms in total. The minimum atomic E-state index is 0.528. The molecule has 2 aliphatic rings. The van der Waals surface area contributed by atoms with Crippen molar-refractivity contribution < 1.29 is 5.11 Å². The molecule has 3 heteroatoms. The first-order valence-corrected chi connectivity index (χ1v) is 10.1. The van der Waals surface area contributed by atoms with Crippen LogP contribution in [0.4, 0.5) is 0 Å². The number of hydrogen-bond donors (Lipinski definition) is 1. The van der Waals surface area contributed by atoms with Crippen LogP contribution in [0, 0.1) is 0 Å². The van der Waals surface area contributed by atoms with E-state index in [1.165, 1.54) is 36.8 Å². The van der Waals surface area contributed by atoms with Crippen molar-refractivity contribution in [2.24, 2.45) is 0 Å². The summed E-state index contributed by atoms with van der Waals surface area (Å²) >= 11 is 0. The van der Waals surface area contributed by atoms with Crippen LogP contribution in [-0.2, 0) is 19.5 Å². The largest absolute Gasteiger partial charge is 0.507 e. The maximum atomic E-state index is 10.9. The van der Waals surface area contributed by atoms with Gasteiger partial charge in [-0.25, -0.2) is 0 Å². The third kappa shape index (κ3) is 4.28. The first-order valence-electron chi connectivity index (χ1n) is 10.1. The highest BCUT2D eigenvalue weighted by Gasteiger charge is 2.19. The predicted octanol–water partition coefficient (Wildman–Crippen LogP) is 4.17. The fraction of sp³-hybridized carbons (Fsp3) is 0.478. The molecule has 4 rings (SSSR count). The number of benzene rings is 2. The standard InChI is InChI=1S/C23H30N2O/c26-23-21(17-24-10-4-5-11-24)15-20(14-19-8-2-1-3-9-19)16-22(23)18-25-12-6-7-13-25/h1-3,8-9,15-16,26H,4-7,10-14,17-18H2. The topological polar surface area (TPSA) is 26.7 Å². The maximum Gasteiger partial charge on any atom is 0.124 e. The molecule has 2 heterocycles. The van der Waals surface area contributed by atoms with Crippen LogP contribution in [-0.4, -0.2) is 41.1 Å². The molecule has 0 aliphatic carbocycles. The molecule has 0 bridgehead atoms. The van der Waals surface area contributed by atoms with Gasteiger partial charge in [-0.05, 0) is 69.4 Å². The molecular formula is C23H30N2O. The maximum absolute atomic E-state index is 10.9. The van der Waals surface area contributed by atoms with E-state index in [2.05, 4.69) is 52.3 Å². The third-order valence-corrected chi connectivity index (χ3v) is 5.76. The molecule has 0 atom stereocenters. The van der Waals surface area contributed by atoms with Crippen LogP contribution < -0.4 is 0 Å². The predicted molar refractivity (Wildman–Crippen MR) is 106 cm³/mol. The number of phenols is 1. The smallest absolute Gasteiger partial charge is 0.124 e. The highest BCUT2D eigenvalue weighted by atomic mass is 16.3. The van der Waals surface area contributed by atoms with E-state index in [4.69, 9.17) is 0 Å². The first-order chi connectivity index (χ1) is 12.8. The van der Waals surface area contributed by atoms with E-state index in [9.17, 15) is 5.11 Å². The van der Waals surface area contributed by atoms with E-state index in [1.54, 1.807) is 0 Å². The first kappa shape index (κ1) is 17.6. The molecule has 2 saturated heterocycles. The quantitative estimate of drug-likeness (QED) is 0.847. The Morgan fingerprint density at radius 3 is 1.69 bits per heavy atom. The summed E-state index contributed by atoms with van der Waals surface area (Å²) in [4.78, 5) is 4.95. The zero-order valence-electron chi connectivity index (χ0n) is 15.7. The van der Waals surface area contributed by atoms with Gasteiger partial charge in [-0.15, -0.1) is 0 Å². The summed E-state index contributed by atoms with van der Waals surface area (Å²) in [5.74, 6) is 0.528. The van der Waals surface area contributed by atoms with Gasteiger partial charge < -0.3 is 5.11 Å². The lowest BCUT2D eigenvalue weighted by molar-refractivity contribution is 0.312. The second-order valence-corrected chi connectivity index (χ2v) is 7.89. The molecule has 138 valence electrons. The highest BCUT2D eigenvalue weighted by Crippen LogP contribution is 2.30. The van der Waals surface area contributed by atoms with E-state index in [0.29, 0.717) is 5.75 Å². The number of aromatic hydroxyl groups is 1. The van der Waals surface area contributed by atoms with Gasteiger partial charge in [0.25, 0.3) is 0 Å². The number of phenolic OH excluding ortho intramolecular Hbond substituents is 1. The summed E-state index contributed by atoms with van der Waals surface area (Å²) in [6.45, 7) is 6.38. The van der Waals surface area contributed by atoms with Crippen molar-refractivity contribution in [3.63, 3.8) is 0 Å². The molecule has 0 saturated carbocycles. The van der Waals surface area contributed by atoms with Crippen LogP contribution in [0.1, 0.15) is 47.9 Å². The van der Waals surface area contributed by atoms with Gasteiger partial charge in [0, 0.05) is 24.2 Å². The van der Waals surface area contributed by atoms with Crippen molar-refractivity contribution in [2.45, 2.75) is 45.2 Å². The van der Waals surface area contributed by atoms with Crippen molar-refractivity contribution >= 4 is 0 Å². The number of rotatable bonds is 6. The van der Waals surface area contributed by atoms with Crippen LogP contribution in [0.2, 0.25) is 0 Å². The van der Waals surface area contributed by atoms with E-state index in [0.717, 1.165) is 56.8 Å². The Kier molecular flexibility index (Phi) is 5.57. The molecule has 0 spiro atoms. The Labute approximate surface area is 157 Å². The normalized spacial score (nSPS) is 18.6. The van der Waals surface area contributed by atoms with E-state index in [1.807, 2.05) is 0 Å². The van der Waals surface area contributed by atoms with Crippen molar-refractivity contribution in [1.29, 1.82) is 0 Å². The van der Waals surface area contributed by atoms with Crippen LogP contribution in [0.15, 0.2) is 42.5 Å². The molecule has 2 aromatic carbocycles. The zero-order chi connectivity index (χ0) is 17.8. The van der Waals surface area contributed by atoms with E-state index >= 15 is 0 Å². The lowest BCUT2D eigenvalue weighted by Gasteiger charge is -2.21. The summed E-state index contributed by atoms with van der Waals surface area (Å²) in [6.07, 6.45) is 6.06. The molecule has 0 unspecified atom stereocenters. The van der Waals surface area contributed by atoms with Gasteiger partial charge in [0.1, 0.15) is 5.75 Å². The third-order valence-electron chi connectivity index (χ3n) is 5.76. The van der Waals surface area contributed by atoms with Gasteiger partial charge in [0.05, 0.1) is 0 Å². The Morgan fingerprint density at radius 2 is 1.19 bits per heavy atom. The monoisotopic (exact) mass is 350 g/mol. The van der Waals surface area contributed by atoms with Crippen molar-refractivity contribution in [3.05, 3.63) is 64.7 Å². The SMILES string of the molecule is Oc1c(CN2CCCC2)cc(Cc2ccccc2)cc1CN1CCCC1. The Bertz CT molecular complexity index is 677. The minimum Gasteiger partial charge on any atom is -0.507 e. The fourth-order valence-corrected chi connectivity index (χ4v) is 4.37. The Morgan fingerprint density at radius 1 is 0.692 bits per heavy atom.